The second kappa shape index (κ2) is 4.02. The fourth-order valence-electron chi connectivity index (χ4n) is 1.41. The predicted octanol–water partition coefficient (Wildman–Crippen LogP) is 1.91. The molecule has 2 aromatic heterocycles. The van der Waals surface area contributed by atoms with Crippen molar-refractivity contribution >= 4 is 17.4 Å². The summed E-state index contributed by atoms with van der Waals surface area (Å²) in [6.45, 7) is 0. The predicted molar refractivity (Wildman–Crippen MR) is 56.9 cm³/mol. The van der Waals surface area contributed by atoms with E-state index in [2.05, 4.69) is 5.10 Å². The topological polar surface area (TPSA) is 57.3 Å². The maximum Gasteiger partial charge on any atom is 0.219 e. The second-order valence-electron chi connectivity index (χ2n) is 3.12. The van der Waals surface area contributed by atoms with Crippen molar-refractivity contribution in [2.24, 2.45) is 7.05 Å². The van der Waals surface area contributed by atoms with E-state index in [-0.39, 0.29) is 11.0 Å². The van der Waals surface area contributed by atoms with Crippen molar-refractivity contribution in [3.8, 4) is 5.75 Å². The van der Waals surface area contributed by atoms with Gasteiger partial charge in [-0.2, -0.15) is 5.10 Å². The van der Waals surface area contributed by atoms with Crippen molar-refractivity contribution in [1.82, 2.24) is 9.78 Å². The molecule has 5 nitrogen and oxygen atoms in total. The van der Waals surface area contributed by atoms with Gasteiger partial charge in [-0.25, -0.2) is 0 Å². The van der Waals surface area contributed by atoms with Gasteiger partial charge in [-0.1, -0.05) is 0 Å². The molecule has 0 N–H and O–H groups in total. The minimum absolute atomic E-state index is 0.0632. The third-order valence-corrected chi connectivity index (χ3v) is 2.50. The number of furan rings is 1. The van der Waals surface area contributed by atoms with Crippen LogP contribution in [-0.4, -0.2) is 22.7 Å². The van der Waals surface area contributed by atoms with E-state index in [1.807, 2.05) is 0 Å². The SMILES string of the molecule is COc1cnn(C)c1C(=O)c1ccoc1Cl. The number of carbonyl (C=O) groups excluding carboxylic acids is 1. The lowest BCUT2D eigenvalue weighted by Crippen LogP contribution is -2.09. The lowest BCUT2D eigenvalue weighted by Gasteiger charge is -2.02. The Balaban J connectivity index is 2.49. The highest BCUT2D eigenvalue weighted by atomic mass is 35.5. The Bertz CT molecular complexity index is 530. The maximum atomic E-state index is 12.1. The molecular weight excluding hydrogens is 232 g/mol. The molecule has 6 heteroatoms. The first-order valence-corrected chi connectivity index (χ1v) is 4.86. The molecule has 0 unspecified atom stereocenters. The monoisotopic (exact) mass is 240 g/mol. The lowest BCUT2D eigenvalue weighted by molar-refractivity contribution is 0.102. The van der Waals surface area contributed by atoms with Gasteiger partial charge in [0.15, 0.2) is 11.4 Å². The standard InChI is InChI=1S/C10H9ClN2O3/c1-13-8(7(15-2)5-12-13)9(14)6-3-4-16-10(6)11/h3-5H,1-2H3. The Hall–Kier alpha value is -1.75. The normalized spacial score (nSPS) is 10.4. The van der Waals surface area contributed by atoms with Gasteiger partial charge >= 0.3 is 0 Å². The smallest absolute Gasteiger partial charge is 0.219 e. The van der Waals surface area contributed by atoms with Crippen LogP contribution in [-0.2, 0) is 7.05 Å². The van der Waals surface area contributed by atoms with Crippen LogP contribution >= 0.6 is 11.6 Å². The minimum Gasteiger partial charge on any atom is -0.493 e. The van der Waals surface area contributed by atoms with Crippen LogP contribution in [0.15, 0.2) is 22.9 Å². The number of carbonyl (C=O) groups is 1. The number of ether oxygens (including phenoxy) is 1. The number of aryl methyl sites for hydroxylation is 1. The first kappa shape index (κ1) is 10.8. The van der Waals surface area contributed by atoms with E-state index < -0.39 is 0 Å². The van der Waals surface area contributed by atoms with Gasteiger partial charge in [0.1, 0.15) is 0 Å². The van der Waals surface area contributed by atoms with Crippen LogP contribution in [0.4, 0.5) is 0 Å². The number of ketones is 1. The Morgan fingerprint density at radius 2 is 2.38 bits per heavy atom. The molecule has 2 rings (SSSR count). The minimum atomic E-state index is -0.282. The number of aromatic nitrogens is 2. The number of hydrogen-bond donors (Lipinski definition) is 0. The summed E-state index contributed by atoms with van der Waals surface area (Å²) >= 11 is 5.74. The molecule has 2 heterocycles. The molecule has 0 fully saturated rings. The van der Waals surface area contributed by atoms with E-state index >= 15 is 0 Å². The van der Waals surface area contributed by atoms with Gasteiger partial charge in [0.2, 0.25) is 11.0 Å². The molecule has 0 spiro atoms. The zero-order valence-corrected chi connectivity index (χ0v) is 9.49. The summed E-state index contributed by atoms with van der Waals surface area (Å²) in [5.74, 6) is 0.125. The van der Waals surface area contributed by atoms with Gasteiger partial charge in [0, 0.05) is 7.05 Å². The molecule has 0 saturated heterocycles. The van der Waals surface area contributed by atoms with Crippen LogP contribution in [0.2, 0.25) is 5.22 Å². The summed E-state index contributed by atoms with van der Waals surface area (Å²) in [6, 6.07) is 1.51. The summed E-state index contributed by atoms with van der Waals surface area (Å²) in [4.78, 5) is 12.1. The van der Waals surface area contributed by atoms with E-state index in [0.717, 1.165) is 0 Å². The zero-order valence-electron chi connectivity index (χ0n) is 8.73. The van der Waals surface area contributed by atoms with Gasteiger partial charge in [-0.05, 0) is 17.7 Å². The van der Waals surface area contributed by atoms with Crippen LogP contribution in [0.5, 0.6) is 5.75 Å². The Labute approximate surface area is 96.6 Å². The molecule has 0 bridgehead atoms. The summed E-state index contributed by atoms with van der Waals surface area (Å²) in [5, 5.41) is 4.01. The fraction of sp³-hybridized carbons (Fsp3) is 0.200. The van der Waals surface area contributed by atoms with Gasteiger partial charge in [-0.3, -0.25) is 9.48 Å². The van der Waals surface area contributed by atoms with Gasteiger partial charge in [0.25, 0.3) is 0 Å². The molecule has 84 valence electrons. The maximum absolute atomic E-state index is 12.1. The highest BCUT2D eigenvalue weighted by Gasteiger charge is 2.22. The Kier molecular flexibility index (Phi) is 2.70. The molecule has 0 amide bonds. The molecule has 0 saturated carbocycles. The molecular formula is C10H9ClN2O3. The van der Waals surface area contributed by atoms with Crippen LogP contribution in [0.1, 0.15) is 16.1 Å². The number of hydrogen-bond acceptors (Lipinski definition) is 4. The fourth-order valence-corrected chi connectivity index (χ4v) is 1.61. The molecule has 0 aliphatic rings. The molecule has 2 aromatic rings. The highest BCUT2D eigenvalue weighted by Crippen LogP contribution is 2.25. The quantitative estimate of drug-likeness (QED) is 0.769. The number of methoxy groups -OCH3 is 1. The first-order valence-electron chi connectivity index (χ1n) is 4.49. The Morgan fingerprint density at radius 1 is 1.62 bits per heavy atom. The van der Waals surface area contributed by atoms with Crippen molar-refractivity contribution in [3.05, 3.63) is 35.0 Å². The summed E-state index contributed by atoms with van der Waals surface area (Å²) < 4.78 is 11.4. The van der Waals surface area contributed by atoms with E-state index in [4.69, 9.17) is 20.8 Å². The van der Waals surface area contributed by atoms with E-state index in [1.165, 1.54) is 30.3 Å². The van der Waals surface area contributed by atoms with Crippen molar-refractivity contribution < 1.29 is 13.9 Å². The number of rotatable bonds is 3. The van der Waals surface area contributed by atoms with Crippen LogP contribution < -0.4 is 4.74 Å². The van der Waals surface area contributed by atoms with Crippen molar-refractivity contribution in [2.75, 3.05) is 7.11 Å². The molecule has 0 aliphatic carbocycles. The molecule has 0 aromatic carbocycles. The van der Waals surface area contributed by atoms with E-state index in [0.29, 0.717) is 17.0 Å². The third kappa shape index (κ3) is 1.59. The van der Waals surface area contributed by atoms with Crippen LogP contribution in [0.3, 0.4) is 0 Å². The van der Waals surface area contributed by atoms with Crippen molar-refractivity contribution in [2.45, 2.75) is 0 Å². The van der Waals surface area contributed by atoms with Gasteiger partial charge in [0.05, 0.1) is 25.1 Å². The summed E-state index contributed by atoms with van der Waals surface area (Å²) in [5.41, 5.74) is 0.634. The van der Waals surface area contributed by atoms with Crippen molar-refractivity contribution in [3.63, 3.8) is 0 Å². The summed E-state index contributed by atoms with van der Waals surface area (Å²) in [7, 11) is 3.13. The highest BCUT2D eigenvalue weighted by molar-refractivity contribution is 6.33. The number of nitrogens with zero attached hydrogens (tertiary/aromatic N) is 2. The largest absolute Gasteiger partial charge is 0.493 e. The molecule has 0 atom stereocenters. The Morgan fingerprint density at radius 3 is 2.94 bits per heavy atom. The van der Waals surface area contributed by atoms with Crippen LogP contribution in [0.25, 0.3) is 0 Å². The van der Waals surface area contributed by atoms with E-state index in [1.54, 1.807) is 7.05 Å². The van der Waals surface area contributed by atoms with Crippen LogP contribution in [0, 0.1) is 0 Å². The second-order valence-corrected chi connectivity index (χ2v) is 3.47. The lowest BCUT2D eigenvalue weighted by atomic mass is 10.1. The summed E-state index contributed by atoms with van der Waals surface area (Å²) in [6.07, 6.45) is 2.83. The van der Waals surface area contributed by atoms with Gasteiger partial charge < -0.3 is 9.15 Å². The molecule has 0 aliphatic heterocycles. The van der Waals surface area contributed by atoms with E-state index in [9.17, 15) is 4.79 Å². The third-order valence-electron chi connectivity index (χ3n) is 2.20. The molecule has 16 heavy (non-hydrogen) atoms. The van der Waals surface area contributed by atoms with Gasteiger partial charge in [-0.15, -0.1) is 0 Å². The molecule has 0 radical (unpaired) electrons. The van der Waals surface area contributed by atoms with Crippen molar-refractivity contribution in [1.29, 1.82) is 0 Å². The average Bonchev–Trinajstić information content (AvgIpc) is 2.83. The number of halogens is 1. The average molecular weight is 241 g/mol. The zero-order chi connectivity index (χ0) is 11.7. The first-order chi connectivity index (χ1) is 7.65.